The number of primary amides is 1. The van der Waals surface area contributed by atoms with Gasteiger partial charge in [-0.15, -0.1) is 0 Å². The van der Waals surface area contributed by atoms with Gasteiger partial charge in [0, 0.05) is 0 Å². The lowest BCUT2D eigenvalue weighted by Gasteiger charge is -2.24. The Balaban J connectivity index is 2.73. The van der Waals surface area contributed by atoms with Gasteiger partial charge in [-0.05, 0) is 6.92 Å². The van der Waals surface area contributed by atoms with Crippen molar-refractivity contribution >= 4 is 12.0 Å². The summed E-state index contributed by atoms with van der Waals surface area (Å²) in [4.78, 5) is 21.4. The van der Waals surface area contributed by atoms with E-state index in [4.69, 9.17) is 15.6 Å². The molecule has 0 aromatic heterocycles. The van der Waals surface area contributed by atoms with Crippen LogP contribution < -0.4 is 11.1 Å². The lowest BCUT2D eigenvalue weighted by Crippen LogP contribution is -2.51. The molecule has 74 valence electrons. The molecule has 1 aliphatic heterocycles. The lowest BCUT2D eigenvalue weighted by atomic mass is 9.85. The number of nitrogens with two attached hydrogens (primary N) is 1. The Hall–Kier alpha value is -1.30. The van der Waals surface area contributed by atoms with Crippen molar-refractivity contribution in [2.45, 2.75) is 13.0 Å². The van der Waals surface area contributed by atoms with Gasteiger partial charge >= 0.3 is 12.0 Å². The first kappa shape index (κ1) is 9.79. The fourth-order valence-electron chi connectivity index (χ4n) is 1.26. The molecular formula is C7H12N2O4. The quantitative estimate of drug-likeness (QED) is 0.525. The van der Waals surface area contributed by atoms with Gasteiger partial charge in [-0.1, -0.05) is 0 Å². The molecule has 0 bridgehead atoms. The average Bonchev–Trinajstić information content (AvgIpc) is 2.33. The number of carbonyl (C=O) groups is 2. The molecule has 1 rings (SSSR count). The molecule has 4 N–H and O–H groups in total. The summed E-state index contributed by atoms with van der Waals surface area (Å²) in [5.74, 6) is -0.997. The molecule has 0 radical (unpaired) electrons. The van der Waals surface area contributed by atoms with Crippen LogP contribution in [0.15, 0.2) is 0 Å². The van der Waals surface area contributed by atoms with E-state index in [0.29, 0.717) is 0 Å². The summed E-state index contributed by atoms with van der Waals surface area (Å²) in [5, 5.41) is 11.2. The second-order valence-electron chi connectivity index (χ2n) is 3.30. The molecule has 0 spiro atoms. The molecule has 2 atom stereocenters. The number of rotatable bonds is 2. The zero-order chi connectivity index (χ0) is 10.1. The molecule has 0 aromatic rings. The molecule has 0 aliphatic carbocycles. The molecule has 2 amide bonds. The normalized spacial score (nSPS) is 32.8. The number of carboxylic acid groups (broad SMARTS) is 1. The van der Waals surface area contributed by atoms with Crippen LogP contribution in [0.1, 0.15) is 6.92 Å². The zero-order valence-corrected chi connectivity index (χ0v) is 7.24. The van der Waals surface area contributed by atoms with Crippen LogP contribution in [0.3, 0.4) is 0 Å². The van der Waals surface area contributed by atoms with Gasteiger partial charge in [0.05, 0.1) is 19.3 Å². The highest BCUT2D eigenvalue weighted by atomic mass is 16.5. The second kappa shape index (κ2) is 3.21. The maximum atomic E-state index is 10.8. The maximum absolute atomic E-state index is 10.8. The summed E-state index contributed by atoms with van der Waals surface area (Å²) in [6.07, 6.45) is 0. The first-order valence-electron chi connectivity index (χ1n) is 3.84. The zero-order valence-electron chi connectivity index (χ0n) is 7.24. The van der Waals surface area contributed by atoms with Crippen molar-refractivity contribution in [2.24, 2.45) is 11.1 Å². The van der Waals surface area contributed by atoms with Crippen LogP contribution in [0.25, 0.3) is 0 Å². The van der Waals surface area contributed by atoms with Crippen LogP contribution in [0, 0.1) is 5.41 Å². The Labute approximate surface area is 75.0 Å². The van der Waals surface area contributed by atoms with E-state index in [1.165, 1.54) is 6.92 Å². The first-order chi connectivity index (χ1) is 5.97. The Morgan fingerprint density at radius 3 is 2.77 bits per heavy atom. The van der Waals surface area contributed by atoms with Crippen molar-refractivity contribution in [3.8, 4) is 0 Å². The van der Waals surface area contributed by atoms with Crippen LogP contribution in [0.5, 0.6) is 0 Å². The summed E-state index contributed by atoms with van der Waals surface area (Å²) < 4.78 is 4.98. The third kappa shape index (κ3) is 1.72. The first-order valence-corrected chi connectivity index (χ1v) is 3.84. The summed E-state index contributed by atoms with van der Waals surface area (Å²) >= 11 is 0. The summed E-state index contributed by atoms with van der Waals surface area (Å²) in [5.41, 5.74) is 3.82. The average molecular weight is 188 g/mol. The van der Waals surface area contributed by atoms with Gasteiger partial charge in [0.25, 0.3) is 0 Å². The van der Waals surface area contributed by atoms with Gasteiger partial charge in [0.2, 0.25) is 0 Å². The van der Waals surface area contributed by atoms with Crippen LogP contribution in [0.2, 0.25) is 0 Å². The van der Waals surface area contributed by atoms with Gasteiger partial charge in [-0.3, -0.25) is 4.79 Å². The highest BCUT2D eigenvalue weighted by Gasteiger charge is 2.47. The number of nitrogens with one attached hydrogen (secondary N) is 1. The third-order valence-corrected chi connectivity index (χ3v) is 2.26. The van der Waals surface area contributed by atoms with E-state index in [0.717, 1.165) is 0 Å². The molecule has 6 nitrogen and oxygen atoms in total. The molecule has 1 saturated heterocycles. The van der Waals surface area contributed by atoms with Gasteiger partial charge in [0.15, 0.2) is 0 Å². The van der Waals surface area contributed by atoms with Crippen molar-refractivity contribution in [2.75, 3.05) is 13.2 Å². The SMILES string of the molecule is CC1(C(=O)O)COCC1NC(N)=O. The number of amides is 2. The summed E-state index contributed by atoms with van der Waals surface area (Å²) in [6.45, 7) is 1.79. The number of urea groups is 1. The predicted molar refractivity (Wildman–Crippen MR) is 43.1 cm³/mol. The van der Waals surface area contributed by atoms with Crippen LogP contribution >= 0.6 is 0 Å². The van der Waals surface area contributed by atoms with E-state index in [9.17, 15) is 9.59 Å². The minimum Gasteiger partial charge on any atom is -0.481 e. The van der Waals surface area contributed by atoms with E-state index >= 15 is 0 Å². The monoisotopic (exact) mass is 188 g/mol. The number of hydrogen-bond donors (Lipinski definition) is 3. The van der Waals surface area contributed by atoms with Crippen LogP contribution in [-0.2, 0) is 9.53 Å². The fourth-order valence-corrected chi connectivity index (χ4v) is 1.26. The van der Waals surface area contributed by atoms with E-state index in [-0.39, 0.29) is 13.2 Å². The number of carbonyl (C=O) groups excluding carboxylic acids is 1. The van der Waals surface area contributed by atoms with Gasteiger partial charge in [-0.25, -0.2) is 4.79 Å². The fraction of sp³-hybridized carbons (Fsp3) is 0.714. The Morgan fingerprint density at radius 2 is 2.31 bits per heavy atom. The third-order valence-electron chi connectivity index (χ3n) is 2.26. The summed E-state index contributed by atoms with van der Waals surface area (Å²) in [7, 11) is 0. The number of hydrogen-bond acceptors (Lipinski definition) is 3. The van der Waals surface area contributed by atoms with E-state index < -0.39 is 23.5 Å². The molecule has 0 saturated carbocycles. The van der Waals surface area contributed by atoms with E-state index in [1.54, 1.807) is 0 Å². The summed E-state index contributed by atoms with van der Waals surface area (Å²) in [6, 6.07) is -1.29. The van der Waals surface area contributed by atoms with Crippen molar-refractivity contribution in [3.05, 3.63) is 0 Å². The van der Waals surface area contributed by atoms with Crippen molar-refractivity contribution in [1.29, 1.82) is 0 Å². The van der Waals surface area contributed by atoms with Crippen molar-refractivity contribution < 1.29 is 19.4 Å². The van der Waals surface area contributed by atoms with Crippen LogP contribution in [0.4, 0.5) is 4.79 Å². The topological polar surface area (TPSA) is 102 Å². The highest BCUT2D eigenvalue weighted by molar-refractivity contribution is 5.78. The lowest BCUT2D eigenvalue weighted by molar-refractivity contribution is -0.148. The van der Waals surface area contributed by atoms with Crippen molar-refractivity contribution in [1.82, 2.24) is 5.32 Å². The largest absolute Gasteiger partial charge is 0.481 e. The second-order valence-corrected chi connectivity index (χ2v) is 3.30. The van der Waals surface area contributed by atoms with Crippen LogP contribution in [-0.4, -0.2) is 36.4 Å². The van der Waals surface area contributed by atoms with E-state index in [2.05, 4.69) is 5.32 Å². The van der Waals surface area contributed by atoms with Gasteiger partial charge in [-0.2, -0.15) is 0 Å². The minimum absolute atomic E-state index is 0.0906. The molecule has 1 heterocycles. The molecule has 0 aromatic carbocycles. The van der Waals surface area contributed by atoms with Gasteiger partial charge < -0.3 is 20.9 Å². The number of aliphatic carboxylic acids is 1. The molecular weight excluding hydrogens is 176 g/mol. The number of carboxylic acids is 1. The smallest absolute Gasteiger partial charge is 0.313 e. The number of ether oxygens (including phenoxy) is 1. The molecule has 6 heteroatoms. The molecule has 13 heavy (non-hydrogen) atoms. The minimum atomic E-state index is -1.07. The standard InChI is InChI=1S/C7H12N2O4/c1-7(5(10)11)3-13-2-4(7)9-6(8)12/h4H,2-3H2,1H3,(H,10,11)(H3,8,9,12). The molecule has 1 aliphatic rings. The molecule has 2 unspecified atom stereocenters. The van der Waals surface area contributed by atoms with Crippen molar-refractivity contribution in [3.63, 3.8) is 0 Å². The van der Waals surface area contributed by atoms with Gasteiger partial charge in [0.1, 0.15) is 5.41 Å². The Kier molecular flexibility index (Phi) is 2.42. The predicted octanol–water partition coefficient (Wildman–Crippen LogP) is -0.856. The Morgan fingerprint density at radius 1 is 1.69 bits per heavy atom. The van der Waals surface area contributed by atoms with E-state index in [1.807, 2.05) is 0 Å². The molecule has 1 fully saturated rings. The maximum Gasteiger partial charge on any atom is 0.313 e. The Bertz CT molecular complexity index is 243. The highest BCUT2D eigenvalue weighted by Crippen LogP contribution is 2.28.